The van der Waals surface area contributed by atoms with Crippen LogP contribution < -0.4 is 21.3 Å². The summed E-state index contributed by atoms with van der Waals surface area (Å²) in [6, 6.07) is 13.4. The van der Waals surface area contributed by atoms with Crippen LogP contribution in [0.3, 0.4) is 0 Å². The molecule has 1 heterocycles. The van der Waals surface area contributed by atoms with Crippen LogP contribution in [0.15, 0.2) is 42.5 Å². The fourth-order valence-corrected chi connectivity index (χ4v) is 3.84. The predicted octanol–water partition coefficient (Wildman–Crippen LogP) is 3.83. The van der Waals surface area contributed by atoms with Crippen LogP contribution in [0.1, 0.15) is 38.7 Å². The minimum absolute atomic E-state index is 0.0276. The topological polar surface area (TPSA) is 146 Å². The van der Waals surface area contributed by atoms with Gasteiger partial charge in [0, 0.05) is 37.3 Å². The molecule has 0 atom stereocenters. The van der Waals surface area contributed by atoms with Gasteiger partial charge in [-0.3, -0.25) is 14.9 Å². The average Bonchev–Trinajstić information content (AvgIpc) is 3.18. The van der Waals surface area contributed by atoms with E-state index in [2.05, 4.69) is 15.6 Å². The number of urea groups is 1. The Balaban J connectivity index is 1.91. The maximum atomic E-state index is 12.8. The van der Waals surface area contributed by atoms with E-state index in [0.717, 1.165) is 12.8 Å². The molecule has 4 amide bonds. The smallest absolute Gasteiger partial charge is 0.326 e. The van der Waals surface area contributed by atoms with Crippen molar-refractivity contribution in [3.05, 3.63) is 48.0 Å². The first-order valence-electron chi connectivity index (χ1n) is 11.4. The third kappa shape index (κ3) is 5.95. The Kier molecular flexibility index (Phi) is 8.04. The third-order valence-corrected chi connectivity index (χ3v) is 5.84. The van der Waals surface area contributed by atoms with Gasteiger partial charge in [-0.05, 0) is 49.2 Å². The monoisotopic (exact) mass is 475 g/mol. The quantitative estimate of drug-likeness (QED) is 0.430. The normalized spacial score (nSPS) is 10.7. The van der Waals surface area contributed by atoms with E-state index in [9.17, 15) is 14.4 Å². The molecular weight excluding hydrogens is 446 g/mol. The van der Waals surface area contributed by atoms with E-state index >= 15 is 0 Å². The van der Waals surface area contributed by atoms with Gasteiger partial charge in [0.1, 0.15) is 0 Å². The van der Waals surface area contributed by atoms with Gasteiger partial charge in [0.2, 0.25) is 17.8 Å². The number of amides is 4. The van der Waals surface area contributed by atoms with Crippen molar-refractivity contribution in [2.24, 2.45) is 11.7 Å². The molecule has 10 nitrogen and oxygen atoms in total. The zero-order valence-electron chi connectivity index (χ0n) is 20.0. The first-order valence-corrected chi connectivity index (χ1v) is 11.4. The molecule has 0 saturated heterocycles. The highest BCUT2D eigenvalue weighted by molar-refractivity contribution is 6.00. The molecule has 3 aromatic rings. The van der Waals surface area contributed by atoms with Crippen molar-refractivity contribution in [3.63, 3.8) is 0 Å². The number of primary amides is 1. The second-order valence-electron chi connectivity index (χ2n) is 8.16. The number of nitriles is 1. The van der Waals surface area contributed by atoms with Crippen LogP contribution in [0.5, 0.6) is 0 Å². The molecule has 0 aliphatic heterocycles. The number of rotatable bonds is 9. The lowest BCUT2D eigenvalue weighted by atomic mass is 10.0. The van der Waals surface area contributed by atoms with Crippen LogP contribution in [-0.2, 0) is 16.1 Å². The minimum atomic E-state index is -0.558. The highest BCUT2D eigenvalue weighted by Crippen LogP contribution is 2.27. The number of benzene rings is 2. The number of anilines is 3. The molecule has 0 bridgehead atoms. The van der Waals surface area contributed by atoms with Crippen LogP contribution in [0, 0.1) is 17.2 Å². The predicted molar refractivity (Wildman–Crippen MR) is 135 cm³/mol. The summed E-state index contributed by atoms with van der Waals surface area (Å²) in [5.41, 5.74) is 8.12. The number of carbonyl (C=O) groups is 3. The lowest BCUT2D eigenvalue weighted by Gasteiger charge is -2.22. The first kappa shape index (κ1) is 25.2. The molecule has 4 N–H and O–H groups in total. The molecule has 0 aliphatic carbocycles. The van der Waals surface area contributed by atoms with Crippen LogP contribution in [0.4, 0.5) is 22.1 Å². The Morgan fingerprint density at radius 2 is 1.89 bits per heavy atom. The number of carbonyl (C=O) groups excluding carboxylic acids is 3. The van der Waals surface area contributed by atoms with Crippen molar-refractivity contribution in [1.29, 1.82) is 5.26 Å². The number of hydrogen-bond donors (Lipinski definition) is 3. The minimum Gasteiger partial charge on any atom is -0.370 e. The van der Waals surface area contributed by atoms with Gasteiger partial charge in [-0.25, -0.2) is 9.78 Å². The number of hydrogen-bond acceptors (Lipinski definition) is 5. The summed E-state index contributed by atoms with van der Waals surface area (Å²) in [5.74, 6) is -0.298. The summed E-state index contributed by atoms with van der Waals surface area (Å²) >= 11 is 0. The van der Waals surface area contributed by atoms with E-state index in [0.29, 0.717) is 28.0 Å². The van der Waals surface area contributed by atoms with Gasteiger partial charge >= 0.3 is 6.03 Å². The third-order valence-electron chi connectivity index (χ3n) is 5.84. The standard InChI is InChI=1S/C25H29N7O3/c1-4-17(5-2)23(34)31(3)19-9-10-21-20(14-19)29-24(32(21)12-11-22(27)33)30-25(35)28-18-8-6-7-16(13-18)15-26/h6-10,13-14,17H,4-5,11-12H2,1-3H3,(H2,27,33)(H2,28,29,30,35). The fraction of sp³-hybridized carbons (Fsp3) is 0.320. The van der Waals surface area contributed by atoms with Gasteiger partial charge in [0.05, 0.1) is 22.7 Å². The molecule has 1 aromatic heterocycles. The summed E-state index contributed by atoms with van der Waals surface area (Å²) in [6.07, 6.45) is 1.56. The molecule has 10 heteroatoms. The maximum absolute atomic E-state index is 12.8. The molecular formula is C25H29N7O3. The first-order chi connectivity index (χ1) is 16.8. The summed E-state index contributed by atoms with van der Waals surface area (Å²) < 4.78 is 1.69. The van der Waals surface area contributed by atoms with E-state index in [1.54, 1.807) is 52.9 Å². The van der Waals surface area contributed by atoms with Crippen molar-refractivity contribution in [2.45, 2.75) is 39.7 Å². The lowest BCUT2D eigenvalue weighted by Crippen LogP contribution is -2.32. The fourth-order valence-electron chi connectivity index (χ4n) is 3.84. The molecule has 2 aromatic carbocycles. The molecule has 35 heavy (non-hydrogen) atoms. The Morgan fingerprint density at radius 3 is 2.54 bits per heavy atom. The number of aromatic nitrogens is 2. The largest absolute Gasteiger partial charge is 0.370 e. The molecule has 0 fully saturated rings. The molecule has 0 unspecified atom stereocenters. The molecule has 0 spiro atoms. The molecule has 182 valence electrons. The van der Waals surface area contributed by atoms with Gasteiger partial charge in [-0.15, -0.1) is 0 Å². The Morgan fingerprint density at radius 1 is 1.14 bits per heavy atom. The highest BCUT2D eigenvalue weighted by atomic mass is 16.2. The highest BCUT2D eigenvalue weighted by Gasteiger charge is 2.21. The average molecular weight is 476 g/mol. The van der Waals surface area contributed by atoms with Crippen LogP contribution in [-0.4, -0.2) is 34.4 Å². The van der Waals surface area contributed by atoms with Crippen molar-refractivity contribution in [1.82, 2.24) is 9.55 Å². The van der Waals surface area contributed by atoms with Gasteiger partial charge in [-0.1, -0.05) is 19.9 Å². The zero-order chi connectivity index (χ0) is 25.5. The Bertz CT molecular complexity index is 1290. The molecule has 0 saturated carbocycles. The van der Waals surface area contributed by atoms with Crippen LogP contribution in [0.25, 0.3) is 11.0 Å². The van der Waals surface area contributed by atoms with E-state index in [1.165, 1.54) is 0 Å². The van der Waals surface area contributed by atoms with Gasteiger partial charge in [-0.2, -0.15) is 5.26 Å². The van der Waals surface area contributed by atoms with Gasteiger partial charge < -0.3 is 20.5 Å². The second kappa shape index (κ2) is 11.2. The van der Waals surface area contributed by atoms with Crippen LogP contribution in [0.2, 0.25) is 0 Å². The Labute approximate surface area is 203 Å². The molecule has 0 aliphatic rings. The van der Waals surface area contributed by atoms with E-state index in [4.69, 9.17) is 11.0 Å². The number of nitrogens with zero attached hydrogens (tertiary/aromatic N) is 4. The summed E-state index contributed by atoms with van der Waals surface area (Å²) in [4.78, 5) is 43.0. The summed E-state index contributed by atoms with van der Waals surface area (Å²) in [7, 11) is 1.73. The number of nitrogens with two attached hydrogens (primary N) is 1. The van der Waals surface area contributed by atoms with E-state index < -0.39 is 11.9 Å². The summed E-state index contributed by atoms with van der Waals surface area (Å²) in [5, 5.41) is 14.4. The van der Waals surface area contributed by atoms with Crippen molar-refractivity contribution >= 4 is 46.2 Å². The number of nitrogens with one attached hydrogen (secondary N) is 2. The number of fused-ring (bicyclic) bond motifs is 1. The van der Waals surface area contributed by atoms with E-state index in [1.807, 2.05) is 26.0 Å². The summed E-state index contributed by atoms with van der Waals surface area (Å²) in [6.45, 7) is 4.19. The maximum Gasteiger partial charge on any atom is 0.326 e. The van der Waals surface area contributed by atoms with E-state index in [-0.39, 0.29) is 30.7 Å². The van der Waals surface area contributed by atoms with Gasteiger partial charge in [0.25, 0.3) is 0 Å². The molecule has 3 rings (SSSR count). The van der Waals surface area contributed by atoms with Crippen molar-refractivity contribution < 1.29 is 14.4 Å². The SMILES string of the molecule is CCC(CC)C(=O)N(C)c1ccc2c(c1)nc(NC(=O)Nc1cccc(C#N)c1)n2CCC(N)=O. The molecule has 0 radical (unpaired) electrons. The van der Waals surface area contributed by atoms with Crippen LogP contribution >= 0.6 is 0 Å². The van der Waals surface area contributed by atoms with Crippen molar-refractivity contribution in [3.8, 4) is 6.07 Å². The lowest BCUT2D eigenvalue weighted by molar-refractivity contribution is -0.122. The second-order valence-corrected chi connectivity index (χ2v) is 8.16. The van der Waals surface area contributed by atoms with Gasteiger partial charge in [0.15, 0.2) is 0 Å². The zero-order valence-corrected chi connectivity index (χ0v) is 20.0. The Hall–Kier alpha value is -4.39. The number of aryl methyl sites for hydroxylation is 1. The number of imidazole rings is 1. The van der Waals surface area contributed by atoms with Crippen molar-refractivity contribution in [2.75, 3.05) is 22.6 Å².